The van der Waals surface area contributed by atoms with Crippen molar-refractivity contribution in [3.8, 4) is 0 Å². The molecule has 5 nitrogen and oxygen atoms in total. The Morgan fingerprint density at radius 1 is 1.00 bits per heavy atom. The number of benzene rings is 2. The number of rotatable bonds is 6. The SMILES string of the molecule is Cc1ccc(CNC(=O)CN2CCC(C(=O)Nc3ccccc3)CC2)cc1. The van der Waals surface area contributed by atoms with E-state index in [9.17, 15) is 9.59 Å². The van der Waals surface area contributed by atoms with Crippen molar-refractivity contribution >= 4 is 17.5 Å². The third-order valence-corrected chi connectivity index (χ3v) is 4.98. The van der Waals surface area contributed by atoms with Gasteiger partial charge in [0, 0.05) is 18.2 Å². The van der Waals surface area contributed by atoms with Gasteiger partial charge in [-0.05, 0) is 50.6 Å². The van der Waals surface area contributed by atoms with E-state index in [0.717, 1.165) is 37.2 Å². The number of carbonyl (C=O) groups is 2. The molecule has 1 aliphatic rings. The van der Waals surface area contributed by atoms with Gasteiger partial charge in [0.2, 0.25) is 11.8 Å². The van der Waals surface area contributed by atoms with Crippen LogP contribution in [0, 0.1) is 12.8 Å². The number of para-hydroxylation sites is 1. The number of carbonyl (C=O) groups excluding carboxylic acids is 2. The van der Waals surface area contributed by atoms with Gasteiger partial charge >= 0.3 is 0 Å². The number of likely N-dealkylation sites (tertiary alicyclic amines) is 1. The molecule has 5 heteroatoms. The van der Waals surface area contributed by atoms with Crippen LogP contribution in [0.5, 0.6) is 0 Å². The quantitative estimate of drug-likeness (QED) is 0.827. The molecule has 3 rings (SSSR count). The smallest absolute Gasteiger partial charge is 0.234 e. The van der Waals surface area contributed by atoms with Gasteiger partial charge in [0.15, 0.2) is 0 Å². The van der Waals surface area contributed by atoms with Crippen LogP contribution in [0.1, 0.15) is 24.0 Å². The Morgan fingerprint density at radius 2 is 1.67 bits per heavy atom. The van der Waals surface area contributed by atoms with Gasteiger partial charge in [0.25, 0.3) is 0 Å². The Morgan fingerprint density at radius 3 is 2.33 bits per heavy atom. The minimum atomic E-state index is 0.0112. The lowest BCUT2D eigenvalue weighted by Crippen LogP contribution is -2.43. The minimum absolute atomic E-state index is 0.0112. The number of nitrogens with one attached hydrogen (secondary N) is 2. The summed E-state index contributed by atoms with van der Waals surface area (Å²) in [5.41, 5.74) is 3.15. The van der Waals surface area contributed by atoms with Crippen molar-refractivity contribution in [1.82, 2.24) is 10.2 Å². The van der Waals surface area contributed by atoms with E-state index in [0.29, 0.717) is 13.1 Å². The summed E-state index contributed by atoms with van der Waals surface area (Å²) < 4.78 is 0. The number of hydrogen-bond donors (Lipinski definition) is 2. The van der Waals surface area contributed by atoms with Crippen LogP contribution < -0.4 is 10.6 Å². The minimum Gasteiger partial charge on any atom is -0.351 e. The molecule has 2 aromatic rings. The summed E-state index contributed by atoms with van der Waals surface area (Å²) in [7, 11) is 0. The van der Waals surface area contributed by atoms with Crippen LogP contribution in [-0.4, -0.2) is 36.3 Å². The molecule has 0 unspecified atom stereocenters. The maximum absolute atomic E-state index is 12.4. The molecular weight excluding hydrogens is 338 g/mol. The molecular formula is C22H27N3O2. The highest BCUT2D eigenvalue weighted by Crippen LogP contribution is 2.19. The zero-order valence-corrected chi connectivity index (χ0v) is 15.8. The highest BCUT2D eigenvalue weighted by Gasteiger charge is 2.25. The fourth-order valence-electron chi connectivity index (χ4n) is 3.28. The second-order valence-corrected chi connectivity index (χ2v) is 7.17. The van der Waals surface area contributed by atoms with E-state index in [4.69, 9.17) is 0 Å². The van der Waals surface area contributed by atoms with Crippen LogP contribution in [-0.2, 0) is 16.1 Å². The summed E-state index contributed by atoms with van der Waals surface area (Å²) in [6.45, 7) is 4.52. The van der Waals surface area contributed by atoms with Gasteiger partial charge in [0.05, 0.1) is 6.54 Å². The van der Waals surface area contributed by atoms with Gasteiger partial charge in [-0.15, -0.1) is 0 Å². The molecule has 0 aliphatic carbocycles. The molecule has 0 aromatic heterocycles. The highest BCUT2D eigenvalue weighted by atomic mass is 16.2. The molecule has 0 atom stereocenters. The molecule has 0 spiro atoms. The first kappa shape index (κ1) is 19.1. The number of piperidine rings is 1. The van der Waals surface area contributed by atoms with Crippen molar-refractivity contribution in [3.63, 3.8) is 0 Å². The Balaban J connectivity index is 1.38. The molecule has 2 aromatic carbocycles. The molecule has 0 bridgehead atoms. The predicted molar refractivity (Wildman–Crippen MR) is 107 cm³/mol. The average molecular weight is 365 g/mol. The topological polar surface area (TPSA) is 61.4 Å². The third-order valence-electron chi connectivity index (χ3n) is 4.98. The lowest BCUT2D eigenvalue weighted by atomic mass is 9.96. The van der Waals surface area contributed by atoms with Gasteiger partial charge in [-0.25, -0.2) is 0 Å². The van der Waals surface area contributed by atoms with Crippen molar-refractivity contribution in [2.75, 3.05) is 25.0 Å². The van der Waals surface area contributed by atoms with Gasteiger partial charge in [-0.3, -0.25) is 14.5 Å². The van der Waals surface area contributed by atoms with Crippen LogP contribution in [0.15, 0.2) is 54.6 Å². The Bertz CT molecular complexity index is 751. The predicted octanol–water partition coefficient (Wildman–Crippen LogP) is 2.96. The van der Waals surface area contributed by atoms with E-state index < -0.39 is 0 Å². The molecule has 0 saturated carbocycles. The molecule has 1 saturated heterocycles. The van der Waals surface area contributed by atoms with Crippen LogP contribution in [0.2, 0.25) is 0 Å². The fraction of sp³-hybridized carbons (Fsp3) is 0.364. The van der Waals surface area contributed by atoms with Gasteiger partial charge < -0.3 is 10.6 Å². The van der Waals surface area contributed by atoms with E-state index in [1.807, 2.05) is 61.5 Å². The second-order valence-electron chi connectivity index (χ2n) is 7.17. The summed E-state index contributed by atoms with van der Waals surface area (Å²) in [5.74, 6) is 0.115. The summed E-state index contributed by atoms with van der Waals surface area (Å²) in [6.07, 6.45) is 1.56. The zero-order valence-electron chi connectivity index (χ0n) is 15.8. The maximum Gasteiger partial charge on any atom is 0.234 e. The maximum atomic E-state index is 12.4. The van der Waals surface area contributed by atoms with Crippen molar-refractivity contribution < 1.29 is 9.59 Å². The molecule has 0 radical (unpaired) electrons. The fourth-order valence-corrected chi connectivity index (χ4v) is 3.28. The Hall–Kier alpha value is -2.66. The van der Waals surface area contributed by atoms with Crippen molar-refractivity contribution in [2.24, 2.45) is 5.92 Å². The largest absolute Gasteiger partial charge is 0.351 e. The number of nitrogens with zero attached hydrogens (tertiary/aromatic N) is 1. The van der Waals surface area contributed by atoms with Crippen LogP contribution in [0.25, 0.3) is 0 Å². The molecule has 2 N–H and O–H groups in total. The number of amides is 2. The Labute approximate surface area is 160 Å². The average Bonchev–Trinajstić information content (AvgIpc) is 2.69. The van der Waals surface area contributed by atoms with E-state index in [1.54, 1.807) is 0 Å². The molecule has 142 valence electrons. The summed E-state index contributed by atoms with van der Waals surface area (Å²) >= 11 is 0. The normalized spacial score (nSPS) is 15.3. The lowest BCUT2D eigenvalue weighted by Gasteiger charge is -2.30. The van der Waals surface area contributed by atoms with Crippen LogP contribution in [0.3, 0.4) is 0 Å². The second kappa shape index (κ2) is 9.33. The van der Waals surface area contributed by atoms with E-state index in [2.05, 4.69) is 15.5 Å². The zero-order chi connectivity index (χ0) is 19.1. The van der Waals surface area contributed by atoms with Gasteiger partial charge in [-0.2, -0.15) is 0 Å². The van der Waals surface area contributed by atoms with E-state index in [-0.39, 0.29) is 17.7 Å². The number of aryl methyl sites for hydroxylation is 1. The van der Waals surface area contributed by atoms with Gasteiger partial charge in [-0.1, -0.05) is 48.0 Å². The first-order chi connectivity index (χ1) is 13.1. The van der Waals surface area contributed by atoms with E-state index in [1.165, 1.54) is 5.56 Å². The summed E-state index contributed by atoms with van der Waals surface area (Å²) in [4.78, 5) is 26.7. The number of hydrogen-bond acceptors (Lipinski definition) is 3. The molecule has 27 heavy (non-hydrogen) atoms. The number of anilines is 1. The Kier molecular flexibility index (Phi) is 6.60. The molecule has 2 amide bonds. The molecule has 1 fully saturated rings. The summed E-state index contributed by atoms with van der Waals surface area (Å²) in [6, 6.07) is 17.7. The van der Waals surface area contributed by atoms with Crippen molar-refractivity contribution in [3.05, 3.63) is 65.7 Å². The van der Waals surface area contributed by atoms with Crippen molar-refractivity contribution in [2.45, 2.75) is 26.3 Å². The van der Waals surface area contributed by atoms with Gasteiger partial charge in [0.1, 0.15) is 0 Å². The summed E-state index contributed by atoms with van der Waals surface area (Å²) in [5, 5.41) is 5.95. The first-order valence-electron chi connectivity index (χ1n) is 9.50. The molecule has 1 aliphatic heterocycles. The van der Waals surface area contributed by atoms with E-state index >= 15 is 0 Å². The monoisotopic (exact) mass is 365 g/mol. The van der Waals surface area contributed by atoms with Crippen LogP contribution >= 0.6 is 0 Å². The molecule has 1 heterocycles. The van der Waals surface area contributed by atoms with Crippen molar-refractivity contribution in [1.29, 1.82) is 0 Å². The highest BCUT2D eigenvalue weighted by molar-refractivity contribution is 5.92. The van der Waals surface area contributed by atoms with Crippen LogP contribution in [0.4, 0.5) is 5.69 Å². The standard InChI is InChI=1S/C22H27N3O2/c1-17-7-9-18(10-8-17)15-23-21(26)16-25-13-11-19(12-14-25)22(27)24-20-5-3-2-4-6-20/h2-10,19H,11-16H2,1H3,(H,23,26)(H,24,27). The lowest BCUT2D eigenvalue weighted by molar-refractivity contribution is -0.123. The third kappa shape index (κ3) is 5.93. The first-order valence-corrected chi connectivity index (χ1v) is 9.50.